The first kappa shape index (κ1) is 16.1. The lowest BCUT2D eigenvalue weighted by molar-refractivity contribution is -0.136. The average molecular weight is 298 g/mol. The summed E-state index contributed by atoms with van der Waals surface area (Å²) in [7, 11) is 0. The fourth-order valence-corrected chi connectivity index (χ4v) is 2.13. The maximum Gasteiger partial charge on any atom is 0.303 e. The van der Waals surface area contributed by atoms with Crippen molar-refractivity contribution in [2.45, 2.75) is 39.0 Å². The number of benzene rings is 2. The van der Waals surface area contributed by atoms with Crippen LogP contribution >= 0.6 is 0 Å². The Morgan fingerprint density at radius 1 is 0.955 bits per heavy atom. The van der Waals surface area contributed by atoms with Gasteiger partial charge in [-0.05, 0) is 47.2 Å². The van der Waals surface area contributed by atoms with E-state index < -0.39 is 5.97 Å². The number of carboxylic acids is 1. The summed E-state index contributed by atoms with van der Waals surface area (Å²) >= 11 is 0. The minimum atomic E-state index is -0.778. The summed E-state index contributed by atoms with van der Waals surface area (Å²) in [6.07, 6.45) is 0.685. The van der Waals surface area contributed by atoms with Gasteiger partial charge in [0.1, 0.15) is 11.5 Å². The molecule has 0 aliphatic rings. The van der Waals surface area contributed by atoms with Crippen LogP contribution in [-0.2, 0) is 16.6 Å². The summed E-state index contributed by atoms with van der Waals surface area (Å²) in [4.78, 5) is 10.6. The fraction of sp³-hybridized carbons (Fsp3) is 0.316. The molecular weight excluding hydrogens is 276 g/mol. The lowest BCUT2D eigenvalue weighted by Crippen LogP contribution is -2.10. The van der Waals surface area contributed by atoms with Crippen LogP contribution in [0.2, 0.25) is 0 Å². The molecule has 22 heavy (non-hydrogen) atoms. The summed E-state index contributed by atoms with van der Waals surface area (Å²) in [5, 5.41) is 8.68. The average Bonchev–Trinajstić information content (AvgIpc) is 2.46. The normalized spacial score (nSPS) is 11.2. The minimum Gasteiger partial charge on any atom is -0.481 e. The second-order valence-corrected chi connectivity index (χ2v) is 6.41. The molecule has 2 aromatic rings. The van der Waals surface area contributed by atoms with Crippen molar-refractivity contribution < 1.29 is 14.6 Å². The third-order valence-corrected chi connectivity index (χ3v) is 3.51. The largest absolute Gasteiger partial charge is 0.481 e. The van der Waals surface area contributed by atoms with Gasteiger partial charge in [-0.25, -0.2) is 0 Å². The number of hydrogen-bond donors (Lipinski definition) is 1. The van der Waals surface area contributed by atoms with Crippen molar-refractivity contribution >= 4 is 5.97 Å². The zero-order valence-corrected chi connectivity index (χ0v) is 13.3. The molecule has 3 nitrogen and oxygen atoms in total. The molecule has 0 aromatic heterocycles. The monoisotopic (exact) mass is 298 g/mol. The van der Waals surface area contributed by atoms with Crippen molar-refractivity contribution in [2.75, 3.05) is 0 Å². The van der Waals surface area contributed by atoms with Crippen LogP contribution in [0.5, 0.6) is 11.5 Å². The van der Waals surface area contributed by atoms with Gasteiger partial charge in [0.05, 0.1) is 0 Å². The lowest BCUT2D eigenvalue weighted by Gasteiger charge is -2.19. The number of carboxylic acid groups (broad SMARTS) is 1. The van der Waals surface area contributed by atoms with Crippen molar-refractivity contribution in [3.05, 3.63) is 59.7 Å². The van der Waals surface area contributed by atoms with Gasteiger partial charge < -0.3 is 9.84 Å². The molecule has 2 aromatic carbocycles. The van der Waals surface area contributed by atoms with Crippen LogP contribution in [0.25, 0.3) is 0 Å². The molecule has 1 N–H and O–H groups in total. The number of aliphatic carboxylic acids is 1. The summed E-state index contributed by atoms with van der Waals surface area (Å²) < 4.78 is 5.81. The van der Waals surface area contributed by atoms with E-state index in [0.29, 0.717) is 6.42 Å². The molecule has 0 fully saturated rings. The van der Waals surface area contributed by atoms with Gasteiger partial charge in [-0.2, -0.15) is 0 Å². The maximum atomic E-state index is 10.6. The molecule has 116 valence electrons. The minimum absolute atomic E-state index is 0.129. The Labute approximate surface area is 131 Å². The molecule has 0 amide bonds. The Hall–Kier alpha value is -2.29. The zero-order chi connectivity index (χ0) is 16.2. The van der Waals surface area contributed by atoms with E-state index >= 15 is 0 Å². The van der Waals surface area contributed by atoms with Gasteiger partial charge in [-0.3, -0.25) is 4.79 Å². The first-order valence-electron chi connectivity index (χ1n) is 7.44. The van der Waals surface area contributed by atoms with E-state index in [1.807, 2.05) is 36.4 Å². The summed E-state index contributed by atoms with van der Waals surface area (Å²) in [5.41, 5.74) is 2.39. The third kappa shape index (κ3) is 4.62. The van der Waals surface area contributed by atoms with E-state index in [1.54, 1.807) is 0 Å². The predicted molar refractivity (Wildman–Crippen MR) is 87.6 cm³/mol. The Kier molecular flexibility index (Phi) is 4.86. The SMILES string of the molecule is CC(C)(C)c1ccc(Oc2ccc(CCC(=O)O)cc2)cc1. The van der Waals surface area contributed by atoms with E-state index in [2.05, 4.69) is 32.9 Å². The van der Waals surface area contributed by atoms with Crippen LogP contribution in [0, 0.1) is 0 Å². The van der Waals surface area contributed by atoms with Crippen LogP contribution in [0.1, 0.15) is 38.3 Å². The number of carbonyl (C=O) groups is 1. The Balaban J connectivity index is 2.00. The van der Waals surface area contributed by atoms with Gasteiger partial charge in [0, 0.05) is 6.42 Å². The highest BCUT2D eigenvalue weighted by atomic mass is 16.5. The van der Waals surface area contributed by atoms with Crippen LogP contribution in [-0.4, -0.2) is 11.1 Å². The van der Waals surface area contributed by atoms with Gasteiger partial charge in [-0.15, -0.1) is 0 Å². The molecular formula is C19H22O3. The third-order valence-electron chi connectivity index (χ3n) is 3.51. The topological polar surface area (TPSA) is 46.5 Å². The van der Waals surface area contributed by atoms with E-state index in [9.17, 15) is 4.79 Å². The molecule has 0 aliphatic carbocycles. The molecule has 0 saturated carbocycles. The van der Waals surface area contributed by atoms with Crippen LogP contribution in [0.3, 0.4) is 0 Å². The van der Waals surface area contributed by atoms with Crippen molar-refractivity contribution in [1.29, 1.82) is 0 Å². The molecule has 0 spiro atoms. The highest BCUT2D eigenvalue weighted by molar-refractivity contribution is 5.67. The van der Waals surface area contributed by atoms with E-state index in [1.165, 1.54) is 5.56 Å². The molecule has 0 heterocycles. The van der Waals surface area contributed by atoms with Gasteiger partial charge in [-0.1, -0.05) is 45.0 Å². The molecule has 0 unspecified atom stereocenters. The first-order chi connectivity index (χ1) is 10.3. The summed E-state index contributed by atoms with van der Waals surface area (Å²) in [5.74, 6) is 0.771. The predicted octanol–water partition coefficient (Wildman–Crippen LogP) is 4.79. The van der Waals surface area contributed by atoms with Crippen LogP contribution in [0.4, 0.5) is 0 Å². The summed E-state index contributed by atoms with van der Waals surface area (Å²) in [6.45, 7) is 6.54. The zero-order valence-electron chi connectivity index (χ0n) is 13.3. The van der Waals surface area contributed by atoms with Crippen molar-refractivity contribution in [3.63, 3.8) is 0 Å². The number of ether oxygens (including phenoxy) is 1. The highest BCUT2D eigenvalue weighted by Crippen LogP contribution is 2.27. The molecule has 0 bridgehead atoms. The summed E-state index contributed by atoms with van der Waals surface area (Å²) in [6, 6.07) is 15.7. The second-order valence-electron chi connectivity index (χ2n) is 6.41. The molecule has 0 radical (unpaired) electrons. The van der Waals surface area contributed by atoms with E-state index in [-0.39, 0.29) is 11.8 Å². The molecule has 0 atom stereocenters. The first-order valence-corrected chi connectivity index (χ1v) is 7.44. The number of aryl methyl sites for hydroxylation is 1. The Morgan fingerprint density at radius 3 is 1.91 bits per heavy atom. The van der Waals surface area contributed by atoms with E-state index in [0.717, 1.165) is 17.1 Å². The Bertz CT molecular complexity index is 619. The van der Waals surface area contributed by atoms with Gasteiger partial charge in [0.25, 0.3) is 0 Å². The molecule has 3 heteroatoms. The van der Waals surface area contributed by atoms with Gasteiger partial charge >= 0.3 is 5.97 Å². The maximum absolute atomic E-state index is 10.6. The van der Waals surface area contributed by atoms with E-state index in [4.69, 9.17) is 9.84 Å². The van der Waals surface area contributed by atoms with Crippen LogP contribution in [0.15, 0.2) is 48.5 Å². The van der Waals surface area contributed by atoms with Gasteiger partial charge in [0.2, 0.25) is 0 Å². The van der Waals surface area contributed by atoms with Crippen molar-refractivity contribution in [3.8, 4) is 11.5 Å². The quantitative estimate of drug-likeness (QED) is 0.863. The lowest BCUT2D eigenvalue weighted by atomic mass is 9.87. The number of hydrogen-bond acceptors (Lipinski definition) is 2. The highest BCUT2D eigenvalue weighted by Gasteiger charge is 2.13. The van der Waals surface area contributed by atoms with Crippen molar-refractivity contribution in [1.82, 2.24) is 0 Å². The molecule has 0 aliphatic heterocycles. The standard InChI is InChI=1S/C19H22O3/c1-19(2,3)15-7-11-17(12-8-15)22-16-9-4-14(5-10-16)6-13-18(20)21/h4-5,7-12H,6,13H2,1-3H3,(H,20,21). The van der Waals surface area contributed by atoms with Crippen molar-refractivity contribution in [2.24, 2.45) is 0 Å². The smallest absolute Gasteiger partial charge is 0.303 e. The second kappa shape index (κ2) is 6.65. The molecule has 0 saturated heterocycles. The Morgan fingerprint density at radius 2 is 1.45 bits per heavy atom. The number of rotatable bonds is 5. The van der Waals surface area contributed by atoms with Crippen LogP contribution < -0.4 is 4.74 Å². The van der Waals surface area contributed by atoms with Gasteiger partial charge in [0.15, 0.2) is 0 Å². The fourth-order valence-electron chi connectivity index (χ4n) is 2.13. The molecule has 2 rings (SSSR count).